The number of aryl methyl sites for hydroxylation is 1. The molecule has 1 atom stereocenters. The zero-order valence-electron chi connectivity index (χ0n) is 17.9. The third-order valence-electron chi connectivity index (χ3n) is 5.12. The van der Waals surface area contributed by atoms with Gasteiger partial charge in [-0.15, -0.1) is 0 Å². The van der Waals surface area contributed by atoms with Crippen LogP contribution in [0.2, 0.25) is 0 Å². The van der Waals surface area contributed by atoms with Crippen LogP contribution < -0.4 is 22.3 Å². The second-order valence-electron chi connectivity index (χ2n) is 7.49. The zero-order chi connectivity index (χ0) is 24.7. The highest BCUT2D eigenvalue weighted by atomic mass is 19.1. The minimum atomic E-state index is -0.941. The maximum atomic E-state index is 14.7. The summed E-state index contributed by atoms with van der Waals surface area (Å²) >= 11 is 0. The SMILES string of the molecule is Cc1ccc(F)c2nc(C(C)Nc3nc(N)nc(N)c3C#N)n(-c3cc(F)cc(F)c3)c(=O)c12. The van der Waals surface area contributed by atoms with Gasteiger partial charge in [0.1, 0.15) is 46.2 Å². The third-order valence-corrected chi connectivity index (χ3v) is 5.12. The van der Waals surface area contributed by atoms with Crippen LogP contribution in [0.1, 0.15) is 29.9 Å². The molecule has 4 aromatic rings. The Morgan fingerprint density at radius 3 is 2.41 bits per heavy atom. The van der Waals surface area contributed by atoms with Gasteiger partial charge in [0, 0.05) is 6.07 Å². The Morgan fingerprint density at radius 1 is 1.09 bits per heavy atom. The van der Waals surface area contributed by atoms with E-state index in [4.69, 9.17) is 11.5 Å². The summed E-state index contributed by atoms with van der Waals surface area (Å²) in [6.07, 6.45) is 0. The molecule has 0 fully saturated rings. The molecule has 0 saturated carbocycles. The van der Waals surface area contributed by atoms with Crippen LogP contribution >= 0.6 is 0 Å². The van der Waals surface area contributed by atoms with E-state index in [0.717, 1.165) is 22.8 Å². The normalized spacial score (nSPS) is 11.9. The molecule has 2 heterocycles. The maximum absolute atomic E-state index is 14.7. The number of fused-ring (bicyclic) bond motifs is 1. The molecular weight excluding hydrogens is 449 g/mol. The topological polar surface area (TPSA) is 149 Å². The van der Waals surface area contributed by atoms with Gasteiger partial charge in [-0.1, -0.05) is 6.07 Å². The number of nitrogens with zero attached hydrogens (tertiary/aromatic N) is 5. The monoisotopic (exact) mass is 466 g/mol. The summed E-state index contributed by atoms with van der Waals surface area (Å²) in [5, 5.41) is 12.2. The van der Waals surface area contributed by atoms with Crippen molar-refractivity contribution in [1.82, 2.24) is 19.5 Å². The van der Waals surface area contributed by atoms with Gasteiger partial charge in [-0.05, 0) is 37.6 Å². The Balaban J connectivity index is 2.01. The molecule has 0 bridgehead atoms. The van der Waals surface area contributed by atoms with Gasteiger partial charge in [-0.2, -0.15) is 15.2 Å². The first-order valence-electron chi connectivity index (χ1n) is 9.88. The van der Waals surface area contributed by atoms with Crippen molar-refractivity contribution in [2.45, 2.75) is 19.9 Å². The number of nitrogen functional groups attached to an aromatic ring is 2. The maximum Gasteiger partial charge on any atom is 0.266 e. The summed E-state index contributed by atoms with van der Waals surface area (Å²) in [5.41, 5.74) is 10.6. The molecule has 9 nitrogen and oxygen atoms in total. The number of nitrogens with one attached hydrogen (secondary N) is 1. The van der Waals surface area contributed by atoms with Crippen molar-refractivity contribution in [2.75, 3.05) is 16.8 Å². The number of aromatic nitrogens is 4. The van der Waals surface area contributed by atoms with Gasteiger partial charge < -0.3 is 16.8 Å². The predicted molar refractivity (Wildman–Crippen MR) is 120 cm³/mol. The van der Waals surface area contributed by atoms with Crippen molar-refractivity contribution in [3.8, 4) is 11.8 Å². The van der Waals surface area contributed by atoms with Gasteiger partial charge in [0.2, 0.25) is 5.95 Å². The van der Waals surface area contributed by atoms with E-state index in [0.29, 0.717) is 11.6 Å². The van der Waals surface area contributed by atoms with Crippen molar-refractivity contribution in [1.29, 1.82) is 5.26 Å². The number of rotatable bonds is 4. The average Bonchev–Trinajstić information content (AvgIpc) is 2.74. The zero-order valence-corrected chi connectivity index (χ0v) is 17.9. The van der Waals surface area contributed by atoms with E-state index >= 15 is 0 Å². The molecule has 0 aliphatic rings. The molecule has 0 radical (unpaired) electrons. The fraction of sp³-hybridized carbons (Fsp3) is 0.136. The molecule has 5 N–H and O–H groups in total. The van der Waals surface area contributed by atoms with Crippen LogP contribution in [0.25, 0.3) is 16.6 Å². The molecule has 2 aromatic heterocycles. The first-order valence-corrected chi connectivity index (χ1v) is 9.88. The van der Waals surface area contributed by atoms with Crippen LogP contribution in [-0.4, -0.2) is 19.5 Å². The first-order chi connectivity index (χ1) is 16.1. The lowest BCUT2D eigenvalue weighted by Crippen LogP contribution is -2.28. The van der Waals surface area contributed by atoms with Crippen molar-refractivity contribution < 1.29 is 13.2 Å². The quantitative estimate of drug-likeness (QED) is 0.415. The molecule has 0 spiro atoms. The molecule has 34 heavy (non-hydrogen) atoms. The Hall–Kier alpha value is -4.66. The standard InChI is InChI=1S/C22H17F3N8O/c1-9-3-4-15(25)17-16(9)21(34)33(13-6-11(23)5-12(24)7-13)20(30-17)10(2)29-19-14(8-26)18(27)31-22(28)32-19/h3-7,10H,1-2H3,(H5,27,28,29,31,32). The smallest absolute Gasteiger partial charge is 0.266 e. The molecule has 12 heteroatoms. The summed E-state index contributed by atoms with van der Waals surface area (Å²) in [6, 6.07) is 6.03. The molecule has 2 aromatic carbocycles. The third kappa shape index (κ3) is 3.83. The highest BCUT2D eigenvalue weighted by Crippen LogP contribution is 2.27. The second kappa shape index (κ2) is 8.36. The molecule has 0 aliphatic carbocycles. The van der Waals surface area contributed by atoms with Crippen molar-refractivity contribution in [2.24, 2.45) is 0 Å². The van der Waals surface area contributed by atoms with E-state index in [2.05, 4.69) is 20.3 Å². The predicted octanol–water partition coefficient (Wildman–Crippen LogP) is 3.11. The summed E-state index contributed by atoms with van der Waals surface area (Å²) in [5.74, 6) is -3.16. The van der Waals surface area contributed by atoms with E-state index in [9.17, 15) is 23.2 Å². The minimum absolute atomic E-state index is 0.0474. The van der Waals surface area contributed by atoms with Crippen LogP contribution in [0.3, 0.4) is 0 Å². The summed E-state index contributed by atoms with van der Waals surface area (Å²) < 4.78 is 43.7. The number of anilines is 3. The number of nitriles is 1. The highest BCUT2D eigenvalue weighted by molar-refractivity contribution is 5.82. The van der Waals surface area contributed by atoms with Crippen LogP contribution in [0, 0.1) is 35.7 Å². The molecule has 0 aliphatic heterocycles. The first kappa shape index (κ1) is 22.5. The number of hydrogen-bond donors (Lipinski definition) is 3. The largest absolute Gasteiger partial charge is 0.382 e. The lowest BCUT2D eigenvalue weighted by molar-refractivity contribution is 0.579. The Labute approximate surface area is 190 Å². The van der Waals surface area contributed by atoms with Gasteiger partial charge >= 0.3 is 0 Å². The van der Waals surface area contributed by atoms with Gasteiger partial charge in [-0.25, -0.2) is 18.2 Å². The second-order valence-corrected chi connectivity index (χ2v) is 7.49. The van der Waals surface area contributed by atoms with E-state index in [1.54, 1.807) is 6.92 Å². The van der Waals surface area contributed by atoms with E-state index in [1.807, 2.05) is 6.07 Å². The molecule has 1 unspecified atom stereocenters. The van der Waals surface area contributed by atoms with Gasteiger partial charge in [0.25, 0.3) is 5.56 Å². The summed E-state index contributed by atoms with van der Waals surface area (Å²) in [6.45, 7) is 3.12. The summed E-state index contributed by atoms with van der Waals surface area (Å²) in [7, 11) is 0. The van der Waals surface area contributed by atoms with Crippen LogP contribution in [0.5, 0.6) is 0 Å². The number of hydrogen-bond acceptors (Lipinski definition) is 8. The number of halogens is 3. The molecule has 172 valence electrons. The van der Waals surface area contributed by atoms with Crippen LogP contribution in [0.4, 0.5) is 30.8 Å². The summed E-state index contributed by atoms with van der Waals surface area (Å²) in [4.78, 5) is 25.5. The average molecular weight is 466 g/mol. The molecule has 0 amide bonds. The van der Waals surface area contributed by atoms with Crippen molar-refractivity contribution >= 4 is 28.5 Å². The van der Waals surface area contributed by atoms with Crippen LogP contribution in [-0.2, 0) is 0 Å². The fourth-order valence-electron chi connectivity index (χ4n) is 3.62. The van der Waals surface area contributed by atoms with E-state index in [-0.39, 0.29) is 45.6 Å². The van der Waals surface area contributed by atoms with E-state index in [1.165, 1.54) is 13.0 Å². The molecule has 0 saturated heterocycles. The fourth-order valence-corrected chi connectivity index (χ4v) is 3.62. The number of benzene rings is 2. The van der Waals surface area contributed by atoms with Gasteiger partial charge in [-0.3, -0.25) is 9.36 Å². The van der Waals surface area contributed by atoms with Crippen LogP contribution in [0.15, 0.2) is 35.1 Å². The lowest BCUT2D eigenvalue weighted by Gasteiger charge is -2.21. The minimum Gasteiger partial charge on any atom is -0.382 e. The molecule has 4 rings (SSSR count). The van der Waals surface area contributed by atoms with Gasteiger partial charge in [0.15, 0.2) is 5.82 Å². The highest BCUT2D eigenvalue weighted by Gasteiger charge is 2.23. The Kier molecular flexibility index (Phi) is 5.54. The molecular formula is C22H17F3N8O. The number of nitrogens with two attached hydrogens (primary N) is 2. The van der Waals surface area contributed by atoms with Crippen molar-refractivity contribution in [3.63, 3.8) is 0 Å². The van der Waals surface area contributed by atoms with Gasteiger partial charge in [0.05, 0.1) is 17.1 Å². The Morgan fingerprint density at radius 2 is 1.76 bits per heavy atom. The lowest BCUT2D eigenvalue weighted by atomic mass is 10.1. The van der Waals surface area contributed by atoms with E-state index < -0.39 is 29.1 Å². The Bertz CT molecular complexity index is 1540. The van der Waals surface area contributed by atoms with Crippen molar-refractivity contribution in [3.05, 3.63) is 75.1 Å².